The first-order valence-electron chi connectivity index (χ1n) is 13.1. The Morgan fingerprint density at radius 3 is 2.61 bits per heavy atom. The molecular weight excluding hydrogens is 586 g/mol. The van der Waals surface area contributed by atoms with Gasteiger partial charge in [0.15, 0.2) is 11.8 Å². The summed E-state index contributed by atoms with van der Waals surface area (Å²) in [5, 5.41) is 9.74. The molecule has 4 heterocycles. The van der Waals surface area contributed by atoms with Gasteiger partial charge in [0.1, 0.15) is 41.6 Å². The van der Waals surface area contributed by atoms with E-state index in [9.17, 15) is 22.9 Å². The van der Waals surface area contributed by atoms with Crippen LogP contribution in [0, 0.1) is 11.6 Å². The van der Waals surface area contributed by atoms with Gasteiger partial charge in [-0.3, -0.25) is 4.79 Å². The summed E-state index contributed by atoms with van der Waals surface area (Å²) >= 11 is 6.28. The molecule has 6 rings (SSSR count). The number of carbonyl (C=O) groups excluding carboxylic acids is 1. The van der Waals surface area contributed by atoms with Crippen LogP contribution in [0.25, 0.3) is 11.2 Å². The number of imidazole rings is 1. The van der Waals surface area contributed by atoms with Crippen LogP contribution in [0.5, 0.6) is 11.9 Å². The van der Waals surface area contributed by atoms with Gasteiger partial charge in [0.05, 0.1) is 34.0 Å². The van der Waals surface area contributed by atoms with E-state index in [2.05, 4.69) is 19.3 Å². The average Bonchev–Trinajstić information content (AvgIpc) is 3.71. The number of nitrogens with zero attached hydrogens (tertiary/aromatic N) is 3. The number of hydrogen-bond donors (Lipinski definition) is 2. The first-order valence-corrected chi connectivity index (χ1v) is 15.5. The zero-order valence-corrected chi connectivity index (χ0v) is 23.4. The molecule has 220 valence electrons. The lowest BCUT2D eigenvalue weighted by Crippen LogP contribution is -2.34. The molecule has 5 atom stereocenters. The molecule has 15 heteroatoms. The first-order chi connectivity index (χ1) is 19.6. The fourth-order valence-corrected chi connectivity index (χ4v) is 7.34. The van der Waals surface area contributed by atoms with E-state index in [1.165, 1.54) is 12.3 Å². The van der Waals surface area contributed by atoms with E-state index >= 15 is 0 Å². The second-order valence-corrected chi connectivity index (χ2v) is 13.4. The summed E-state index contributed by atoms with van der Waals surface area (Å²) in [4.78, 5) is 24.0. The lowest BCUT2D eigenvalue weighted by Gasteiger charge is -2.15. The topological polar surface area (TPSA) is 145 Å². The summed E-state index contributed by atoms with van der Waals surface area (Å²) in [5.41, 5.74) is -0.187. The maximum absolute atomic E-state index is 14.9. The van der Waals surface area contributed by atoms with Crippen LogP contribution in [0.2, 0.25) is 5.02 Å². The number of carbonyl (C=O) groups is 1. The lowest BCUT2D eigenvalue weighted by molar-refractivity contribution is 0.00706. The Hall–Kier alpha value is -2.91. The minimum atomic E-state index is -2.83. The molecule has 1 saturated carbocycles. The number of pyridine rings is 1. The molecule has 1 aliphatic carbocycles. The van der Waals surface area contributed by atoms with Crippen molar-refractivity contribution in [1.82, 2.24) is 15.0 Å². The Kier molecular flexibility index (Phi) is 7.61. The van der Waals surface area contributed by atoms with Gasteiger partial charge < -0.3 is 29.0 Å². The summed E-state index contributed by atoms with van der Waals surface area (Å²) in [7, 11) is -2.83. The first kappa shape index (κ1) is 28.2. The number of aromatic nitrogens is 3. The quantitative estimate of drug-likeness (QED) is 0.409. The molecule has 0 radical (unpaired) electrons. The van der Waals surface area contributed by atoms with Gasteiger partial charge >= 0.3 is 0 Å². The number of aromatic amines is 1. The van der Waals surface area contributed by atoms with Crippen molar-refractivity contribution in [3.8, 4) is 11.9 Å². The Bertz CT molecular complexity index is 1600. The molecule has 0 bridgehead atoms. The number of halogens is 3. The molecule has 41 heavy (non-hydrogen) atoms. The van der Waals surface area contributed by atoms with Crippen LogP contribution in [0.1, 0.15) is 41.6 Å². The number of H-pyrrole nitrogens is 1. The molecule has 2 N–H and O–H groups in total. The van der Waals surface area contributed by atoms with Crippen LogP contribution in [0.3, 0.4) is 0 Å². The van der Waals surface area contributed by atoms with E-state index in [0.717, 1.165) is 25.0 Å². The molecule has 3 fully saturated rings. The van der Waals surface area contributed by atoms with Gasteiger partial charge in [0.2, 0.25) is 5.88 Å². The van der Waals surface area contributed by atoms with Gasteiger partial charge in [0.25, 0.3) is 11.9 Å². The van der Waals surface area contributed by atoms with Gasteiger partial charge in [-0.25, -0.2) is 13.0 Å². The molecule has 1 unspecified atom stereocenters. The normalized spacial score (nSPS) is 25.8. The van der Waals surface area contributed by atoms with Crippen molar-refractivity contribution < 1.29 is 41.8 Å². The number of benzene rings is 1. The Morgan fingerprint density at radius 2 is 1.88 bits per heavy atom. The van der Waals surface area contributed by atoms with Gasteiger partial charge in [0, 0.05) is 17.1 Å². The van der Waals surface area contributed by atoms with Crippen molar-refractivity contribution in [2.24, 2.45) is 4.36 Å². The van der Waals surface area contributed by atoms with Crippen molar-refractivity contribution in [3.05, 3.63) is 46.0 Å². The van der Waals surface area contributed by atoms with Gasteiger partial charge in [-0.1, -0.05) is 24.4 Å². The Balaban J connectivity index is 1.15. The summed E-state index contributed by atoms with van der Waals surface area (Å²) in [5.74, 6) is -3.12. The second kappa shape index (κ2) is 11.1. The predicted molar refractivity (Wildman–Crippen MR) is 143 cm³/mol. The molecule has 1 amide bonds. The van der Waals surface area contributed by atoms with Crippen LogP contribution in [-0.4, -0.2) is 79.3 Å². The van der Waals surface area contributed by atoms with Crippen molar-refractivity contribution in [2.75, 3.05) is 19.5 Å². The standard InChI is InChI=1S/C26H27ClF2N4O7S/c1-41(36,13-4-2-3-5-13)33-24(35)12-6-16(28)14(17(29)7-12)9-39-25-15(27)8-18-23(31-25)32-26(30-18)40-20-11-38-21-19(34)10-37-22(20)21/h6-8,13,19-22,34H,2-5,9-11H2,1H3,(H,30,31,32)/t19-,20-,21-,22-,41?/m1/s1. The van der Waals surface area contributed by atoms with Crippen molar-refractivity contribution >= 4 is 38.4 Å². The Labute approximate surface area is 238 Å². The van der Waals surface area contributed by atoms with E-state index in [1.54, 1.807) is 0 Å². The highest BCUT2D eigenvalue weighted by atomic mass is 35.5. The number of fused-ring (bicyclic) bond motifs is 2. The van der Waals surface area contributed by atoms with E-state index in [0.29, 0.717) is 18.4 Å². The van der Waals surface area contributed by atoms with Crippen LogP contribution < -0.4 is 9.47 Å². The number of aliphatic hydroxyl groups excluding tert-OH is 1. The minimum absolute atomic E-state index is 0.0512. The van der Waals surface area contributed by atoms with Crippen LogP contribution in [0.15, 0.2) is 22.6 Å². The molecular formula is C26H27ClF2N4O7S. The van der Waals surface area contributed by atoms with Gasteiger partial charge in [-0.15, -0.1) is 0 Å². The van der Waals surface area contributed by atoms with Gasteiger partial charge in [-0.05, 0) is 31.0 Å². The summed E-state index contributed by atoms with van der Waals surface area (Å²) < 4.78 is 68.9. The predicted octanol–water partition coefficient (Wildman–Crippen LogP) is 3.56. The third-order valence-electron chi connectivity index (χ3n) is 7.54. The lowest BCUT2D eigenvalue weighted by atomic mass is 10.1. The summed E-state index contributed by atoms with van der Waals surface area (Å²) in [6.07, 6.45) is 2.52. The van der Waals surface area contributed by atoms with Crippen LogP contribution in [-0.2, 0) is 25.8 Å². The summed E-state index contributed by atoms with van der Waals surface area (Å²) in [6, 6.07) is 3.28. The highest BCUT2D eigenvalue weighted by molar-refractivity contribution is 7.93. The number of nitrogens with one attached hydrogen (secondary N) is 1. The zero-order chi connectivity index (χ0) is 28.9. The number of hydrogen-bond acceptors (Lipinski definition) is 9. The second-order valence-electron chi connectivity index (χ2n) is 10.4. The third kappa shape index (κ3) is 5.63. The molecule has 2 aromatic heterocycles. The van der Waals surface area contributed by atoms with E-state index in [-0.39, 0.29) is 46.6 Å². The molecule has 0 spiro atoms. The largest absolute Gasteiger partial charge is 0.471 e. The van der Waals surface area contributed by atoms with Crippen LogP contribution >= 0.6 is 11.6 Å². The van der Waals surface area contributed by atoms with E-state index in [1.807, 2.05) is 0 Å². The molecule has 3 aromatic rings. The van der Waals surface area contributed by atoms with Gasteiger partial charge in [-0.2, -0.15) is 14.3 Å². The zero-order valence-electron chi connectivity index (χ0n) is 21.8. The maximum Gasteiger partial charge on any atom is 0.296 e. The monoisotopic (exact) mass is 612 g/mol. The number of rotatable bonds is 7. The molecule has 2 saturated heterocycles. The van der Waals surface area contributed by atoms with E-state index < -0.39 is 63.9 Å². The number of ether oxygens (including phenoxy) is 4. The molecule has 11 nitrogen and oxygen atoms in total. The number of amides is 1. The third-order valence-corrected chi connectivity index (χ3v) is 10.1. The molecule has 3 aliphatic rings. The summed E-state index contributed by atoms with van der Waals surface area (Å²) in [6.45, 7) is -0.215. The fourth-order valence-electron chi connectivity index (χ4n) is 5.35. The van der Waals surface area contributed by atoms with Crippen LogP contribution in [0.4, 0.5) is 8.78 Å². The Morgan fingerprint density at radius 1 is 1.17 bits per heavy atom. The average molecular weight is 613 g/mol. The smallest absolute Gasteiger partial charge is 0.296 e. The van der Waals surface area contributed by atoms with Crippen molar-refractivity contribution in [2.45, 2.75) is 62.0 Å². The fraction of sp³-hybridized carbons (Fsp3) is 0.500. The number of aliphatic hydroxyl groups is 1. The maximum atomic E-state index is 14.9. The van der Waals surface area contributed by atoms with Crippen molar-refractivity contribution in [3.63, 3.8) is 0 Å². The SMILES string of the molecule is CS(=O)(=NC(=O)c1cc(F)c(COc2nc3nc(O[C@@H]4CO[C@H]5[C@@H]4OC[C@H]5O)[nH]c3cc2Cl)c(F)c1)C1CCCC1. The van der Waals surface area contributed by atoms with Crippen molar-refractivity contribution in [1.29, 1.82) is 0 Å². The molecule has 1 aromatic carbocycles. The highest BCUT2D eigenvalue weighted by Crippen LogP contribution is 2.32. The highest BCUT2D eigenvalue weighted by Gasteiger charge is 2.48. The minimum Gasteiger partial charge on any atom is -0.471 e. The molecule has 2 aliphatic heterocycles. The van der Waals surface area contributed by atoms with E-state index in [4.69, 9.17) is 30.5 Å².